The lowest BCUT2D eigenvalue weighted by molar-refractivity contribution is -0.122. The average molecular weight is 486 g/mol. The molecule has 3 heterocycles. The number of carbonyl (C=O) groups is 2. The molecule has 0 radical (unpaired) electrons. The molecule has 2 aromatic carbocycles. The summed E-state index contributed by atoms with van der Waals surface area (Å²) in [6.45, 7) is 5.31. The highest BCUT2D eigenvalue weighted by Crippen LogP contribution is 2.27. The molecule has 1 fully saturated rings. The molecule has 1 aliphatic heterocycles. The lowest BCUT2D eigenvalue weighted by Gasteiger charge is -2.32. The van der Waals surface area contributed by atoms with Gasteiger partial charge in [0, 0.05) is 43.1 Å². The summed E-state index contributed by atoms with van der Waals surface area (Å²) in [7, 11) is 0. The number of hydrogen-bond donors (Lipinski definition) is 1. The van der Waals surface area contributed by atoms with Gasteiger partial charge in [0.1, 0.15) is 11.3 Å². The molecular formula is C29H31N3O4. The van der Waals surface area contributed by atoms with Crippen molar-refractivity contribution in [3.05, 3.63) is 77.7 Å². The van der Waals surface area contributed by atoms with Crippen molar-refractivity contribution < 1.29 is 18.4 Å². The van der Waals surface area contributed by atoms with Crippen LogP contribution in [0.5, 0.6) is 0 Å². The second kappa shape index (κ2) is 10.4. The smallest absolute Gasteiger partial charge is 0.253 e. The third-order valence-corrected chi connectivity index (χ3v) is 6.80. The summed E-state index contributed by atoms with van der Waals surface area (Å²) in [6, 6.07) is 17.2. The maximum atomic E-state index is 13.2. The Morgan fingerprint density at radius 3 is 2.61 bits per heavy atom. The maximum absolute atomic E-state index is 13.2. The topological polar surface area (TPSA) is 88.6 Å². The van der Waals surface area contributed by atoms with Crippen LogP contribution in [-0.2, 0) is 11.2 Å². The lowest BCUT2D eigenvalue weighted by atomic mass is 9.92. The summed E-state index contributed by atoms with van der Waals surface area (Å²) >= 11 is 0. The van der Waals surface area contributed by atoms with Crippen LogP contribution >= 0.6 is 0 Å². The van der Waals surface area contributed by atoms with E-state index in [1.807, 2.05) is 61.2 Å². The summed E-state index contributed by atoms with van der Waals surface area (Å²) in [5.41, 5.74) is 4.02. The minimum Gasteiger partial charge on any atom is -0.469 e. The molecule has 0 aliphatic carbocycles. The summed E-state index contributed by atoms with van der Waals surface area (Å²) in [5, 5.41) is 3.06. The Morgan fingerprint density at radius 1 is 1.11 bits per heavy atom. The van der Waals surface area contributed by atoms with E-state index in [0.717, 1.165) is 24.2 Å². The van der Waals surface area contributed by atoms with E-state index in [2.05, 4.69) is 10.3 Å². The highest BCUT2D eigenvalue weighted by atomic mass is 16.3. The number of nitrogens with one attached hydrogen (secondary N) is 1. The van der Waals surface area contributed by atoms with Crippen molar-refractivity contribution in [2.45, 2.75) is 45.6 Å². The van der Waals surface area contributed by atoms with Gasteiger partial charge in [0.2, 0.25) is 11.8 Å². The number of likely N-dealkylation sites (tertiary alicyclic amines) is 1. The number of aryl methyl sites for hydroxylation is 1. The molecule has 0 saturated carbocycles. The van der Waals surface area contributed by atoms with Gasteiger partial charge in [-0.25, -0.2) is 4.98 Å². The Labute approximate surface area is 210 Å². The van der Waals surface area contributed by atoms with Crippen LogP contribution in [0.25, 0.3) is 22.6 Å². The maximum Gasteiger partial charge on any atom is 0.253 e. The molecule has 4 aromatic rings. The fourth-order valence-corrected chi connectivity index (χ4v) is 4.78. The highest BCUT2D eigenvalue weighted by Gasteiger charge is 2.26. The lowest BCUT2D eigenvalue weighted by Crippen LogP contribution is -2.40. The fraction of sp³-hybridized carbons (Fsp3) is 0.345. The molecule has 1 aliphatic rings. The number of carbonyl (C=O) groups excluding carboxylic acids is 2. The molecule has 1 saturated heterocycles. The van der Waals surface area contributed by atoms with Crippen LogP contribution in [0, 0.1) is 12.8 Å². The predicted molar refractivity (Wildman–Crippen MR) is 137 cm³/mol. The van der Waals surface area contributed by atoms with E-state index in [4.69, 9.17) is 8.83 Å². The Hall–Kier alpha value is -3.87. The molecular weight excluding hydrogens is 454 g/mol. The van der Waals surface area contributed by atoms with Crippen LogP contribution in [0.2, 0.25) is 0 Å². The first-order valence-corrected chi connectivity index (χ1v) is 12.5. The second-order valence-electron chi connectivity index (χ2n) is 9.76. The van der Waals surface area contributed by atoms with Gasteiger partial charge in [-0.15, -0.1) is 0 Å². The molecule has 186 valence electrons. The van der Waals surface area contributed by atoms with Gasteiger partial charge in [0.25, 0.3) is 5.91 Å². The predicted octanol–water partition coefficient (Wildman–Crippen LogP) is 5.39. The highest BCUT2D eigenvalue weighted by molar-refractivity contribution is 5.97. The molecule has 1 unspecified atom stereocenters. The minimum atomic E-state index is -0.00763. The molecule has 2 amide bonds. The number of benzene rings is 2. The Balaban J connectivity index is 1.15. The monoisotopic (exact) mass is 485 g/mol. The Bertz CT molecular complexity index is 1330. The first kappa shape index (κ1) is 23.9. The number of furan rings is 1. The van der Waals surface area contributed by atoms with E-state index < -0.39 is 0 Å². The van der Waals surface area contributed by atoms with Crippen LogP contribution in [0.4, 0.5) is 0 Å². The SMILES string of the molecule is Cc1ccc(-c2nc3cc(C(=O)N4CCC(CC(=O)NC(C)Cc5ccco5)CC4)ccc3o2)cc1. The number of nitrogens with zero attached hydrogens (tertiary/aromatic N) is 2. The molecule has 1 atom stereocenters. The minimum absolute atomic E-state index is 0.00763. The Morgan fingerprint density at radius 2 is 1.89 bits per heavy atom. The zero-order valence-corrected chi connectivity index (χ0v) is 20.7. The van der Waals surface area contributed by atoms with Gasteiger partial charge < -0.3 is 19.1 Å². The normalized spacial score (nSPS) is 15.2. The number of fused-ring (bicyclic) bond motifs is 1. The van der Waals surface area contributed by atoms with Crippen molar-refractivity contribution in [2.24, 2.45) is 5.92 Å². The number of piperidine rings is 1. The quantitative estimate of drug-likeness (QED) is 0.379. The molecule has 7 nitrogen and oxygen atoms in total. The van der Waals surface area contributed by atoms with E-state index in [9.17, 15) is 9.59 Å². The van der Waals surface area contributed by atoms with Gasteiger partial charge in [0.15, 0.2) is 5.58 Å². The number of oxazole rings is 1. The standard InChI is InChI=1S/C29H31N3O4/c1-19-5-7-22(8-6-19)28-31-25-18-23(9-10-26(25)36-28)29(34)32-13-11-21(12-14-32)17-27(33)30-20(2)16-24-4-3-15-35-24/h3-10,15,18,20-21H,11-14,16-17H2,1-2H3,(H,30,33). The third kappa shape index (κ3) is 5.51. The number of aromatic nitrogens is 1. The first-order chi connectivity index (χ1) is 17.4. The van der Waals surface area contributed by atoms with Gasteiger partial charge in [-0.2, -0.15) is 0 Å². The van der Waals surface area contributed by atoms with E-state index in [0.29, 0.717) is 48.5 Å². The van der Waals surface area contributed by atoms with E-state index in [1.54, 1.807) is 18.4 Å². The van der Waals surface area contributed by atoms with Crippen LogP contribution in [-0.4, -0.2) is 40.8 Å². The van der Waals surface area contributed by atoms with Gasteiger partial charge >= 0.3 is 0 Å². The largest absolute Gasteiger partial charge is 0.469 e. The second-order valence-corrected chi connectivity index (χ2v) is 9.76. The Kier molecular flexibility index (Phi) is 6.89. The van der Waals surface area contributed by atoms with E-state index in [-0.39, 0.29) is 23.8 Å². The number of hydrogen-bond acceptors (Lipinski definition) is 5. The molecule has 2 aromatic heterocycles. The fourth-order valence-electron chi connectivity index (χ4n) is 4.78. The number of amides is 2. The van der Waals surface area contributed by atoms with Crippen molar-refractivity contribution >= 4 is 22.9 Å². The zero-order chi connectivity index (χ0) is 25.1. The van der Waals surface area contributed by atoms with Crippen molar-refractivity contribution in [1.29, 1.82) is 0 Å². The van der Waals surface area contributed by atoms with Gasteiger partial charge in [-0.05, 0) is 75.1 Å². The van der Waals surface area contributed by atoms with Crippen LogP contribution in [0.3, 0.4) is 0 Å². The molecule has 5 rings (SSSR count). The molecule has 36 heavy (non-hydrogen) atoms. The average Bonchev–Trinajstić information content (AvgIpc) is 3.53. The summed E-state index contributed by atoms with van der Waals surface area (Å²) in [6.07, 6.45) is 4.43. The first-order valence-electron chi connectivity index (χ1n) is 12.5. The molecule has 0 spiro atoms. The van der Waals surface area contributed by atoms with Crippen molar-refractivity contribution in [3.63, 3.8) is 0 Å². The van der Waals surface area contributed by atoms with E-state index >= 15 is 0 Å². The van der Waals surface area contributed by atoms with Gasteiger partial charge in [-0.3, -0.25) is 9.59 Å². The van der Waals surface area contributed by atoms with Crippen molar-refractivity contribution in [3.8, 4) is 11.5 Å². The van der Waals surface area contributed by atoms with Crippen molar-refractivity contribution in [1.82, 2.24) is 15.2 Å². The summed E-state index contributed by atoms with van der Waals surface area (Å²) in [4.78, 5) is 32.1. The summed E-state index contributed by atoms with van der Waals surface area (Å²) < 4.78 is 11.3. The third-order valence-electron chi connectivity index (χ3n) is 6.80. The van der Waals surface area contributed by atoms with Gasteiger partial charge in [-0.1, -0.05) is 17.7 Å². The number of rotatable bonds is 7. The molecule has 1 N–H and O–H groups in total. The van der Waals surface area contributed by atoms with Crippen molar-refractivity contribution in [2.75, 3.05) is 13.1 Å². The van der Waals surface area contributed by atoms with E-state index in [1.165, 1.54) is 5.56 Å². The van der Waals surface area contributed by atoms with Crippen LogP contribution < -0.4 is 5.32 Å². The zero-order valence-electron chi connectivity index (χ0n) is 20.7. The molecule has 7 heteroatoms. The van der Waals surface area contributed by atoms with Crippen LogP contribution in [0.15, 0.2) is 69.7 Å². The summed E-state index contributed by atoms with van der Waals surface area (Å²) in [5.74, 6) is 1.74. The molecule has 0 bridgehead atoms. The van der Waals surface area contributed by atoms with Gasteiger partial charge in [0.05, 0.1) is 6.26 Å². The van der Waals surface area contributed by atoms with Crippen LogP contribution in [0.1, 0.15) is 47.9 Å².